The molecule has 7 nitrogen and oxygen atoms in total. The van der Waals surface area contributed by atoms with Crippen LogP contribution >= 0.6 is 0 Å². The first-order valence-electron chi connectivity index (χ1n) is 9.91. The van der Waals surface area contributed by atoms with Gasteiger partial charge in [0.1, 0.15) is 5.54 Å². The van der Waals surface area contributed by atoms with Gasteiger partial charge in [-0.15, -0.1) is 0 Å². The van der Waals surface area contributed by atoms with Crippen LogP contribution in [0.25, 0.3) is 0 Å². The molecule has 1 aromatic heterocycles. The number of carbonyl (C=O) groups is 2. The van der Waals surface area contributed by atoms with E-state index in [1.165, 1.54) is 5.56 Å². The summed E-state index contributed by atoms with van der Waals surface area (Å²) in [6.45, 7) is 4.77. The van der Waals surface area contributed by atoms with Crippen molar-refractivity contribution in [2.45, 2.75) is 58.0 Å². The summed E-state index contributed by atoms with van der Waals surface area (Å²) in [4.78, 5) is 31.6. The molecule has 1 atom stereocenters. The van der Waals surface area contributed by atoms with E-state index in [1.54, 1.807) is 11.8 Å². The second-order valence-corrected chi connectivity index (χ2v) is 8.08. The number of hydrogen-bond acceptors (Lipinski definition) is 5. The molecule has 148 valence electrons. The van der Waals surface area contributed by atoms with Gasteiger partial charge < -0.3 is 14.7 Å². The molecule has 7 heteroatoms. The van der Waals surface area contributed by atoms with Crippen LogP contribution < -0.4 is 5.32 Å². The lowest BCUT2D eigenvalue weighted by Gasteiger charge is -2.28. The summed E-state index contributed by atoms with van der Waals surface area (Å²) < 4.78 is 5.14. The first-order chi connectivity index (χ1) is 13.4. The molecule has 4 rings (SSSR count). The van der Waals surface area contributed by atoms with Crippen molar-refractivity contribution in [2.24, 2.45) is 5.92 Å². The minimum Gasteiger partial charge on any atom is -0.343 e. The highest BCUT2D eigenvalue weighted by atomic mass is 16.5. The van der Waals surface area contributed by atoms with Crippen molar-refractivity contribution in [1.82, 2.24) is 20.4 Å². The second-order valence-electron chi connectivity index (χ2n) is 8.08. The van der Waals surface area contributed by atoms with Crippen LogP contribution in [0.15, 0.2) is 28.8 Å². The molecule has 1 saturated carbocycles. The van der Waals surface area contributed by atoms with E-state index in [4.69, 9.17) is 4.52 Å². The zero-order valence-electron chi connectivity index (χ0n) is 16.4. The van der Waals surface area contributed by atoms with Gasteiger partial charge >= 0.3 is 0 Å². The van der Waals surface area contributed by atoms with Crippen molar-refractivity contribution < 1.29 is 14.1 Å². The fraction of sp³-hybridized carbons (Fsp3) is 0.524. The number of amides is 2. The molecule has 2 heterocycles. The van der Waals surface area contributed by atoms with Crippen molar-refractivity contribution in [2.75, 3.05) is 6.54 Å². The number of benzene rings is 1. The largest absolute Gasteiger partial charge is 0.343 e. The van der Waals surface area contributed by atoms with Crippen LogP contribution in [0.5, 0.6) is 0 Å². The molecular formula is C21H26N4O3. The molecule has 2 fully saturated rings. The van der Waals surface area contributed by atoms with Crippen LogP contribution in [0.1, 0.15) is 54.9 Å². The number of aryl methyl sites for hydroxylation is 2. The quantitative estimate of drug-likeness (QED) is 0.859. The Kier molecular flexibility index (Phi) is 4.91. The maximum atomic E-state index is 13.0. The van der Waals surface area contributed by atoms with Crippen LogP contribution in [-0.2, 0) is 21.7 Å². The Morgan fingerprint density at radius 2 is 1.96 bits per heavy atom. The molecule has 2 amide bonds. The van der Waals surface area contributed by atoms with Crippen molar-refractivity contribution in [1.29, 1.82) is 0 Å². The molecule has 0 unspecified atom stereocenters. The third-order valence-electron chi connectivity index (χ3n) is 5.85. The molecule has 1 aromatic carbocycles. The van der Waals surface area contributed by atoms with E-state index >= 15 is 0 Å². The van der Waals surface area contributed by atoms with Gasteiger partial charge in [0, 0.05) is 26.4 Å². The van der Waals surface area contributed by atoms with Gasteiger partial charge in [-0.05, 0) is 25.3 Å². The van der Waals surface area contributed by atoms with E-state index in [9.17, 15) is 9.59 Å². The third kappa shape index (κ3) is 3.66. The Balaban J connectivity index is 1.43. The highest BCUT2D eigenvalue weighted by Crippen LogP contribution is 2.38. The number of carbonyl (C=O) groups excluding carboxylic acids is 2. The molecule has 2 aliphatic rings. The summed E-state index contributed by atoms with van der Waals surface area (Å²) >= 11 is 0. The molecule has 0 bridgehead atoms. The normalized spacial score (nSPS) is 21.3. The van der Waals surface area contributed by atoms with Crippen molar-refractivity contribution in [3.05, 3.63) is 47.1 Å². The van der Waals surface area contributed by atoms with E-state index in [0.717, 1.165) is 31.2 Å². The third-order valence-corrected chi connectivity index (χ3v) is 5.85. The molecule has 0 radical (unpaired) electrons. The number of rotatable bonds is 5. The topological polar surface area (TPSA) is 88.3 Å². The lowest BCUT2D eigenvalue weighted by Crippen LogP contribution is -2.47. The van der Waals surface area contributed by atoms with Crippen molar-refractivity contribution in [3.8, 4) is 0 Å². The van der Waals surface area contributed by atoms with Crippen LogP contribution in [0.4, 0.5) is 0 Å². The summed E-state index contributed by atoms with van der Waals surface area (Å²) in [5.74, 6) is 0.636. The Hall–Kier alpha value is -2.70. The molecule has 0 spiro atoms. The van der Waals surface area contributed by atoms with Gasteiger partial charge in [-0.2, -0.15) is 4.98 Å². The molecule has 1 N–H and O–H groups in total. The highest BCUT2D eigenvalue weighted by Gasteiger charge is 2.44. The zero-order chi connectivity index (χ0) is 19.7. The number of nitrogens with zero attached hydrogens (tertiary/aromatic N) is 3. The van der Waals surface area contributed by atoms with Gasteiger partial charge in [-0.3, -0.25) is 9.59 Å². The fourth-order valence-corrected chi connectivity index (χ4v) is 4.23. The molecule has 2 aromatic rings. The lowest BCUT2D eigenvalue weighted by atomic mass is 9.94. The van der Waals surface area contributed by atoms with Crippen molar-refractivity contribution in [3.63, 3.8) is 0 Å². The number of nitrogens with one attached hydrogen (secondary N) is 1. The first-order valence-corrected chi connectivity index (χ1v) is 9.91. The predicted octanol–water partition coefficient (Wildman–Crippen LogP) is 2.62. The monoisotopic (exact) mass is 382 g/mol. The van der Waals surface area contributed by atoms with Gasteiger partial charge in [0.15, 0.2) is 5.82 Å². The molecule has 1 saturated heterocycles. The summed E-state index contributed by atoms with van der Waals surface area (Å²) in [6.07, 6.45) is 3.87. The van der Waals surface area contributed by atoms with E-state index in [1.807, 2.05) is 31.2 Å². The Bertz CT molecular complexity index is 868. The van der Waals surface area contributed by atoms with Crippen LogP contribution in [0.2, 0.25) is 0 Å². The number of hydrogen-bond donors (Lipinski definition) is 1. The molecule has 28 heavy (non-hydrogen) atoms. The molecule has 1 aliphatic heterocycles. The molecular weight excluding hydrogens is 356 g/mol. The second kappa shape index (κ2) is 7.37. The maximum Gasteiger partial charge on any atom is 0.226 e. The number of aromatic nitrogens is 2. The smallest absolute Gasteiger partial charge is 0.226 e. The number of likely N-dealkylation sites (tertiary alicyclic amines) is 1. The summed E-state index contributed by atoms with van der Waals surface area (Å²) in [5.41, 5.74) is 1.70. The standard InChI is InChI=1S/C21H26N4O3/c1-14-5-7-16(8-6-14)12-25-13-17(11-18(25)26)19(27)23-21(9-3-4-10-21)20-22-15(2)28-24-20/h5-8,17H,3-4,9-13H2,1-2H3,(H,23,27)/t17-/m0/s1. The van der Waals surface area contributed by atoms with Gasteiger partial charge in [0.25, 0.3) is 0 Å². The minimum absolute atomic E-state index is 0.0246. The SMILES string of the molecule is Cc1ccc(CN2C[C@@H](C(=O)NC3(c4noc(C)n4)CCCC3)CC2=O)cc1. The lowest BCUT2D eigenvalue weighted by molar-refractivity contribution is -0.130. The molecule has 1 aliphatic carbocycles. The highest BCUT2D eigenvalue weighted by molar-refractivity contribution is 5.89. The first kappa shape index (κ1) is 18.7. The van der Waals surface area contributed by atoms with Crippen LogP contribution in [0.3, 0.4) is 0 Å². The maximum absolute atomic E-state index is 13.0. The van der Waals surface area contributed by atoms with Gasteiger partial charge in [-0.25, -0.2) is 0 Å². The van der Waals surface area contributed by atoms with E-state index < -0.39 is 5.54 Å². The fourth-order valence-electron chi connectivity index (χ4n) is 4.23. The minimum atomic E-state index is -0.567. The Morgan fingerprint density at radius 3 is 2.61 bits per heavy atom. The van der Waals surface area contributed by atoms with E-state index in [2.05, 4.69) is 15.5 Å². The average Bonchev–Trinajstić information content (AvgIpc) is 3.39. The summed E-state index contributed by atoms with van der Waals surface area (Å²) in [6, 6.07) is 8.14. The Labute approximate surface area is 164 Å². The van der Waals surface area contributed by atoms with E-state index in [-0.39, 0.29) is 24.2 Å². The van der Waals surface area contributed by atoms with Crippen LogP contribution in [-0.4, -0.2) is 33.4 Å². The summed E-state index contributed by atoms with van der Waals surface area (Å²) in [7, 11) is 0. The van der Waals surface area contributed by atoms with Crippen molar-refractivity contribution >= 4 is 11.8 Å². The average molecular weight is 382 g/mol. The predicted molar refractivity (Wildman–Crippen MR) is 102 cm³/mol. The van der Waals surface area contributed by atoms with Gasteiger partial charge in [0.2, 0.25) is 17.7 Å². The van der Waals surface area contributed by atoms with Gasteiger partial charge in [-0.1, -0.05) is 47.8 Å². The Morgan fingerprint density at radius 1 is 1.25 bits per heavy atom. The van der Waals surface area contributed by atoms with Crippen LogP contribution in [0, 0.1) is 19.8 Å². The summed E-state index contributed by atoms with van der Waals surface area (Å²) in [5, 5.41) is 7.24. The van der Waals surface area contributed by atoms with E-state index in [0.29, 0.717) is 24.8 Å². The van der Waals surface area contributed by atoms with Gasteiger partial charge in [0.05, 0.1) is 5.92 Å². The zero-order valence-corrected chi connectivity index (χ0v) is 16.4.